The second-order valence-electron chi connectivity index (χ2n) is 5.23. The summed E-state index contributed by atoms with van der Waals surface area (Å²) in [6.45, 7) is 0. The average Bonchev–Trinajstić information content (AvgIpc) is 2.63. The summed E-state index contributed by atoms with van der Waals surface area (Å²) in [7, 11) is 0. The molecule has 0 radical (unpaired) electrons. The smallest absolute Gasteiger partial charge is 0.131 e. The molecule has 0 amide bonds. The Kier molecular flexibility index (Phi) is 5.63. The maximum Gasteiger partial charge on any atom is 0.131 e. The second-order valence-corrected chi connectivity index (χ2v) is 5.77. The Morgan fingerprint density at radius 2 is 0.958 bits per heavy atom. The topological polar surface area (TPSA) is 18.5 Å². The van der Waals surface area contributed by atoms with Crippen molar-refractivity contribution in [1.29, 1.82) is 0 Å². The lowest BCUT2D eigenvalue weighted by atomic mass is 10.2. The molecule has 0 bridgehead atoms. The van der Waals surface area contributed by atoms with Crippen LogP contribution in [0.15, 0.2) is 72.8 Å². The average molecular weight is 359 g/mol. The monoisotopic (exact) mass is 358 g/mol. The number of rotatable bonds is 6. The van der Waals surface area contributed by atoms with Gasteiger partial charge in [-0.1, -0.05) is 30.3 Å². The Bertz CT molecular complexity index is 719. The van der Waals surface area contributed by atoms with E-state index in [0.29, 0.717) is 23.3 Å². The third-order valence-corrected chi connectivity index (χ3v) is 4.05. The lowest BCUT2D eigenvalue weighted by Crippen LogP contribution is -1.88. The molecule has 0 unspecified atom stereocenters. The van der Waals surface area contributed by atoms with Gasteiger partial charge in [0, 0.05) is 17.8 Å². The van der Waals surface area contributed by atoms with Gasteiger partial charge in [0.05, 0.1) is 0 Å². The van der Waals surface area contributed by atoms with E-state index in [1.165, 1.54) is 0 Å². The fraction of sp³-hybridized carbons (Fsp3) is 0.100. The van der Waals surface area contributed by atoms with Crippen molar-refractivity contribution in [3.05, 3.63) is 83.9 Å². The van der Waals surface area contributed by atoms with Gasteiger partial charge in [-0.25, -0.2) is 0 Å². The Hall–Kier alpha value is -2.16. The van der Waals surface area contributed by atoms with Crippen LogP contribution in [0.4, 0.5) is 0 Å². The van der Waals surface area contributed by atoms with E-state index < -0.39 is 0 Å². The molecular formula is C20H16Cl2O2. The molecular weight excluding hydrogens is 343 g/mol. The van der Waals surface area contributed by atoms with Crippen molar-refractivity contribution >= 4 is 23.2 Å². The highest BCUT2D eigenvalue weighted by atomic mass is 35.5. The van der Waals surface area contributed by atoms with Gasteiger partial charge in [-0.2, -0.15) is 0 Å². The van der Waals surface area contributed by atoms with Gasteiger partial charge in [0.25, 0.3) is 0 Å². The van der Waals surface area contributed by atoms with Gasteiger partial charge in [-0.15, -0.1) is 23.2 Å². The molecule has 24 heavy (non-hydrogen) atoms. The van der Waals surface area contributed by atoms with Crippen LogP contribution in [0, 0.1) is 0 Å². The molecule has 4 heteroatoms. The molecule has 122 valence electrons. The highest BCUT2D eigenvalue weighted by molar-refractivity contribution is 6.17. The summed E-state index contributed by atoms with van der Waals surface area (Å²) >= 11 is 11.6. The van der Waals surface area contributed by atoms with Gasteiger partial charge >= 0.3 is 0 Å². The van der Waals surface area contributed by atoms with E-state index in [-0.39, 0.29) is 0 Å². The Morgan fingerprint density at radius 1 is 0.542 bits per heavy atom. The van der Waals surface area contributed by atoms with Crippen molar-refractivity contribution in [3.63, 3.8) is 0 Å². The molecule has 3 aromatic rings. The highest BCUT2D eigenvalue weighted by Crippen LogP contribution is 2.28. The van der Waals surface area contributed by atoms with E-state index in [1.54, 1.807) is 0 Å². The normalized spacial score (nSPS) is 10.4. The first-order chi connectivity index (χ1) is 11.8. The van der Waals surface area contributed by atoms with E-state index >= 15 is 0 Å². The fourth-order valence-electron chi connectivity index (χ4n) is 2.17. The number of halogens is 2. The van der Waals surface area contributed by atoms with Crippen LogP contribution in [0.1, 0.15) is 11.1 Å². The fourth-order valence-corrected chi connectivity index (χ4v) is 2.52. The SMILES string of the molecule is ClCc1ccc(Oc2cccc(Oc3ccc(CCl)cc3)c2)cc1. The first kappa shape index (κ1) is 16.7. The molecule has 0 saturated heterocycles. The van der Waals surface area contributed by atoms with Gasteiger partial charge in [0.15, 0.2) is 0 Å². The van der Waals surface area contributed by atoms with Gasteiger partial charge < -0.3 is 9.47 Å². The molecule has 0 saturated carbocycles. The van der Waals surface area contributed by atoms with Crippen LogP contribution >= 0.6 is 23.2 Å². The Labute approximate surface area is 151 Å². The number of hydrogen-bond acceptors (Lipinski definition) is 2. The third kappa shape index (κ3) is 4.44. The maximum atomic E-state index is 5.85. The maximum absolute atomic E-state index is 5.85. The predicted molar refractivity (Wildman–Crippen MR) is 98.6 cm³/mol. The largest absolute Gasteiger partial charge is 0.457 e. The predicted octanol–water partition coefficient (Wildman–Crippen LogP) is 6.75. The minimum Gasteiger partial charge on any atom is -0.457 e. The Balaban J connectivity index is 1.70. The zero-order chi connectivity index (χ0) is 16.8. The second kappa shape index (κ2) is 8.09. The van der Waals surface area contributed by atoms with Crippen LogP contribution in [0.25, 0.3) is 0 Å². The van der Waals surface area contributed by atoms with Crippen LogP contribution in [0.3, 0.4) is 0 Å². The third-order valence-electron chi connectivity index (χ3n) is 3.43. The summed E-state index contributed by atoms with van der Waals surface area (Å²) in [5, 5.41) is 0. The van der Waals surface area contributed by atoms with Crippen LogP contribution in [0.5, 0.6) is 23.0 Å². The molecule has 0 N–H and O–H groups in total. The quantitative estimate of drug-likeness (QED) is 0.453. The zero-order valence-electron chi connectivity index (χ0n) is 12.9. The van der Waals surface area contributed by atoms with Gasteiger partial charge in [0.1, 0.15) is 23.0 Å². The van der Waals surface area contributed by atoms with Crippen LogP contribution in [-0.2, 0) is 11.8 Å². The van der Waals surface area contributed by atoms with Gasteiger partial charge in [-0.05, 0) is 47.5 Å². The minimum absolute atomic E-state index is 0.492. The summed E-state index contributed by atoms with van der Waals surface area (Å²) in [5.41, 5.74) is 2.11. The van der Waals surface area contributed by atoms with Crippen molar-refractivity contribution in [2.45, 2.75) is 11.8 Å². The number of benzene rings is 3. The van der Waals surface area contributed by atoms with Gasteiger partial charge in [0.2, 0.25) is 0 Å². The Morgan fingerprint density at radius 3 is 1.33 bits per heavy atom. The molecule has 0 heterocycles. The van der Waals surface area contributed by atoms with Crippen LogP contribution < -0.4 is 9.47 Å². The van der Waals surface area contributed by atoms with Crippen LogP contribution in [0.2, 0.25) is 0 Å². The molecule has 0 atom stereocenters. The minimum atomic E-state index is 0.492. The van der Waals surface area contributed by atoms with E-state index in [2.05, 4.69) is 0 Å². The molecule has 2 nitrogen and oxygen atoms in total. The van der Waals surface area contributed by atoms with Crippen molar-refractivity contribution in [2.24, 2.45) is 0 Å². The first-order valence-electron chi connectivity index (χ1n) is 7.52. The summed E-state index contributed by atoms with van der Waals surface area (Å²) in [4.78, 5) is 0. The number of ether oxygens (including phenoxy) is 2. The molecule has 0 aliphatic rings. The van der Waals surface area contributed by atoms with Crippen molar-refractivity contribution in [3.8, 4) is 23.0 Å². The summed E-state index contributed by atoms with van der Waals surface area (Å²) in [5.74, 6) is 3.92. The molecule has 0 spiro atoms. The van der Waals surface area contributed by atoms with E-state index in [1.807, 2.05) is 72.8 Å². The lowest BCUT2D eigenvalue weighted by molar-refractivity contribution is 0.460. The van der Waals surface area contributed by atoms with Gasteiger partial charge in [-0.3, -0.25) is 0 Å². The standard InChI is InChI=1S/C20H16Cl2O2/c21-13-15-4-8-17(9-5-15)23-19-2-1-3-20(12-19)24-18-10-6-16(14-22)7-11-18/h1-12H,13-14H2. The molecule has 0 aliphatic carbocycles. The van der Waals surface area contributed by atoms with Crippen molar-refractivity contribution in [1.82, 2.24) is 0 Å². The number of alkyl halides is 2. The summed E-state index contributed by atoms with van der Waals surface area (Å²) in [6, 6.07) is 22.9. The summed E-state index contributed by atoms with van der Waals surface area (Å²) in [6.07, 6.45) is 0. The van der Waals surface area contributed by atoms with E-state index in [0.717, 1.165) is 22.6 Å². The number of hydrogen-bond donors (Lipinski definition) is 0. The van der Waals surface area contributed by atoms with Crippen molar-refractivity contribution in [2.75, 3.05) is 0 Å². The molecule has 0 aromatic heterocycles. The zero-order valence-corrected chi connectivity index (χ0v) is 14.4. The van der Waals surface area contributed by atoms with E-state index in [9.17, 15) is 0 Å². The molecule has 3 rings (SSSR count). The molecule has 3 aromatic carbocycles. The molecule has 0 fully saturated rings. The van der Waals surface area contributed by atoms with E-state index in [4.69, 9.17) is 32.7 Å². The van der Waals surface area contributed by atoms with Crippen molar-refractivity contribution < 1.29 is 9.47 Å². The first-order valence-corrected chi connectivity index (χ1v) is 8.59. The lowest BCUT2D eigenvalue weighted by Gasteiger charge is -2.10. The molecule has 0 aliphatic heterocycles. The summed E-state index contributed by atoms with van der Waals surface area (Å²) < 4.78 is 11.7. The highest BCUT2D eigenvalue weighted by Gasteiger charge is 2.02. The van der Waals surface area contributed by atoms with Crippen LogP contribution in [-0.4, -0.2) is 0 Å².